The highest BCUT2D eigenvalue weighted by atomic mass is 32.1. The van der Waals surface area contributed by atoms with Gasteiger partial charge in [-0.2, -0.15) is 0 Å². The van der Waals surface area contributed by atoms with Crippen LogP contribution in [0.3, 0.4) is 0 Å². The monoisotopic (exact) mass is 427 g/mol. The maximum absolute atomic E-state index is 12.6. The molecule has 0 fully saturated rings. The van der Waals surface area contributed by atoms with Gasteiger partial charge in [-0.3, -0.25) is 9.59 Å². The van der Waals surface area contributed by atoms with Crippen LogP contribution in [-0.2, 0) is 13.0 Å². The van der Waals surface area contributed by atoms with E-state index in [-0.39, 0.29) is 5.56 Å². The molecule has 31 heavy (non-hydrogen) atoms. The Bertz CT molecular complexity index is 1280. The Labute approximate surface area is 184 Å². The number of fused-ring (bicyclic) bond motifs is 1. The Kier molecular flexibility index (Phi) is 5.14. The SMILES string of the molecule is O=C(Nc1ccc(N2CCc3sccc3C2)cc1)c1ccc(-c2ccccc2)[nH]c1=O. The molecule has 0 bridgehead atoms. The van der Waals surface area contributed by atoms with Crippen LogP contribution in [0, 0.1) is 0 Å². The van der Waals surface area contributed by atoms with Gasteiger partial charge < -0.3 is 15.2 Å². The third-order valence-electron chi connectivity index (χ3n) is 5.54. The van der Waals surface area contributed by atoms with E-state index in [2.05, 4.69) is 26.6 Å². The quantitative estimate of drug-likeness (QED) is 0.486. The first-order valence-corrected chi connectivity index (χ1v) is 11.1. The number of hydrogen-bond acceptors (Lipinski definition) is 4. The molecule has 1 amide bonds. The predicted molar refractivity (Wildman–Crippen MR) is 126 cm³/mol. The molecule has 154 valence electrons. The van der Waals surface area contributed by atoms with Crippen LogP contribution in [0.5, 0.6) is 0 Å². The van der Waals surface area contributed by atoms with E-state index >= 15 is 0 Å². The van der Waals surface area contributed by atoms with E-state index < -0.39 is 11.5 Å². The highest BCUT2D eigenvalue weighted by Gasteiger charge is 2.18. The third kappa shape index (κ3) is 4.02. The van der Waals surface area contributed by atoms with Crippen LogP contribution in [0.4, 0.5) is 11.4 Å². The number of aromatic amines is 1. The van der Waals surface area contributed by atoms with Crippen molar-refractivity contribution in [1.82, 2.24) is 4.98 Å². The van der Waals surface area contributed by atoms with E-state index in [1.807, 2.05) is 65.9 Å². The molecule has 0 spiro atoms. The Morgan fingerprint density at radius 1 is 0.968 bits per heavy atom. The Morgan fingerprint density at radius 2 is 1.77 bits per heavy atom. The number of H-pyrrole nitrogens is 1. The van der Waals surface area contributed by atoms with Crippen LogP contribution in [-0.4, -0.2) is 17.4 Å². The van der Waals surface area contributed by atoms with Crippen molar-refractivity contribution in [2.45, 2.75) is 13.0 Å². The lowest BCUT2D eigenvalue weighted by Crippen LogP contribution is -2.29. The van der Waals surface area contributed by atoms with E-state index in [9.17, 15) is 9.59 Å². The van der Waals surface area contributed by atoms with Crippen LogP contribution in [0.25, 0.3) is 11.3 Å². The number of thiophene rings is 1. The predicted octanol–water partition coefficient (Wildman–Crippen LogP) is 4.92. The number of amides is 1. The molecule has 5 rings (SSSR count). The smallest absolute Gasteiger partial charge is 0.261 e. The first kappa shape index (κ1) is 19.3. The van der Waals surface area contributed by atoms with Crippen LogP contribution in [0.1, 0.15) is 20.8 Å². The van der Waals surface area contributed by atoms with Gasteiger partial charge in [0.1, 0.15) is 5.56 Å². The molecule has 0 aliphatic carbocycles. The molecular weight excluding hydrogens is 406 g/mol. The zero-order chi connectivity index (χ0) is 21.2. The summed E-state index contributed by atoms with van der Waals surface area (Å²) in [5.74, 6) is -0.422. The van der Waals surface area contributed by atoms with Crippen molar-refractivity contribution in [3.8, 4) is 11.3 Å². The van der Waals surface area contributed by atoms with E-state index in [1.165, 1.54) is 10.4 Å². The molecule has 0 unspecified atom stereocenters. The molecule has 2 aromatic heterocycles. The van der Waals surface area contributed by atoms with Gasteiger partial charge in [-0.1, -0.05) is 30.3 Å². The lowest BCUT2D eigenvalue weighted by molar-refractivity contribution is 0.102. The topological polar surface area (TPSA) is 65.2 Å². The fourth-order valence-corrected chi connectivity index (χ4v) is 4.75. The summed E-state index contributed by atoms with van der Waals surface area (Å²) in [4.78, 5) is 31.7. The van der Waals surface area contributed by atoms with Gasteiger partial charge in [0, 0.05) is 35.0 Å². The average Bonchev–Trinajstić information content (AvgIpc) is 3.28. The van der Waals surface area contributed by atoms with E-state index in [4.69, 9.17) is 0 Å². The number of carbonyl (C=O) groups excluding carboxylic acids is 1. The highest BCUT2D eigenvalue weighted by Crippen LogP contribution is 2.28. The number of rotatable bonds is 4. The average molecular weight is 428 g/mol. The Morgan fingerprint density at radius 3 is 2.55 bits per heavy atom. The molecule has 2 N–H and O–H groups in total. The van der Waals surface area contributed by atoms with Gasteiger partial charge in [0.05, 0.1) is 0 Å². The number of carbonyl (C=O) groups is 1. The maximum atomic E-state index is 12.6. The molecule has 2 aromatic carbocycles. The molecule has 4 aromatic rings. The largest absolute Gasteiger partial charge is 0.367 e. The third-order valence-corrected chi connectivity index (χ3v) is 6.56. The number of aromatic nitrogens is 1. The first-order chi connectivity index (χ1) is 15.2. The lowest BCUT2D eigenvalue weighted by Gasteiger charge is -2.29. The number of nitrogens with zero attached hydrogens (tertiary/aromatic N) is 1. The van der Waals surface area contributed by atoms with Crippen LogP contribution < -0.4 is 15.8 Å². The minimum absolute atomic E-state index is 0.0878. The van der Waals surface area contributed by atoms with Crippen molar-refractivity contribution in [2.24, 2.45) is 0 Å². The number of benzene rings is 2. The van der Waals surface area contributed by atoms with E-state index in [1.54, 1.807) is 12.1 Å². The molecule has 1 aliphatic heterocycles. The summed E-state index contributed by atoms with van der Waals surface area (Å²) < 4.78 is 0. The summed E-state index contributed by atoms with van der Waals surface area (Å²) in [6.07, 6.45) is 1.06. The Balaban J connectivity index is 1.28. The molecule has 0 saturated carbocycles. The molecule has 5 nitrogen and oxygen atoms in total. The van der Waals surface area contributed by atoms with Gasteiger partial charge in [-0.25, -0.2) is 0 Å². The van der Waals surface area contributed by atoms with Gasteiger partial charge in [-0.15, -0.1) is 11.3 Å². The minimum Gasteiger partial charge on any atom is -0.367 e. The second kappa shape index (κ2) is 8.24. The van der Waals surface area contributed by atoms with E-state index in [0.29, 0.717) is 11.4 Å². The Hall–Kier alpha value is -3.64. The normalized spacial score (nSPS) is 13.0. The van der Waals surface area contributed by atoms with Crippen LogP contribution in [0.15, 0.2) is 83.0 Å². The summed E-state index contributed by atoms with van der Waals surface area (Å²) in [5.41, 5.74) is 4.44. The molecule has 0 radical (unpaired) electrons. The summed E-state index contributed by atoms with van der Waals surface area (Å²) >= 11 is 1.83. The lowest BCUT2D eigenvalue weighted by atomic mass is 10.1. The number of nitrogens with one attached hydrogen (secondary N) is 2. The molecule has 3 heterocycles. The number of pyridine rings is 1. The van der Waals surface area contributed by atoms with Crippen molar-refractivity contribution in [3.63, 3.8) is 0 Å². The molecule has 6 heteroatoms. The first-order valence-electron chi connectivity index (χ1n) is 10.2. The molecule has 0 saturated heterocycles. The van der Waals surface area contributed by atoms with Gasteiger partial charge in [0.25, 0.3) is 11.5 Å². The number of anilines is 2. The number of hydrogen-bond donors (Lipinski definition) is 2. The zero-order valence-electron chi connectivity index (χ0n) is 16.8. The standard InChI is InChI=1S/C25H21N3O2S/c29-24(21-10-11-22(27-25(21)30)17-4-2-1-3-5-17)26-19-6-8-20(9-7-19)28-14-12-23-18(16-28)13-15-31-23/h1-11,13,15H,12,14,16H2,(H,26,29)(H,27,30). The summed E-state index contributed by atoms with van der Waals surface area (Å²) in [6.45, 7) is 1.90. The molecule has 0 atom stereocenters. The molecule has 1 aliphatic rings. The summed E-state index contributed by atoms with van der Waals surface area (Å²) in [6, 6.07) is 22.8. The van der Waals surface area contributed by atoms with Crippen LogP contribution in [0.2, 0.25) is 0 Å². The van der Waals surface area contributed by atoms with Crippen molar-refractivity contribution in [1.29, 1.82) is 0 Å². The second-order valence-corrected chi connectivity index (χ2v) is 8.52. The van der Waals surface area contributed by atoms with Crippen molar-refractivity contribution < 1.29 is 4.79 Å². The van der Waals surface area contributed by atoms with Crippen molar-refractivity contribution in [2.75, 3.05) is 16.8 Å². The van der Waals surface area contributed by atoms with Gasteiger partial charge >= 0.3 is 0 Å². The fraction of sp³-hybridized carbons (Fsp3) is 0.120. The van der Waals surface area contributed by atoms with Gasteiger partial charge in [0.2, 0.25) is 0 Å². The highest BCUT2D eigenvalue weighted by molar-refractivity contribution is 7.10. The zero-order valence-corrected chi connectivity index (χ0v) is 17.6. The van der Waals surface area contributed by atoms with Crippen molar-refractivity contribution in [3.05, 3.63) is 105 Å². The van der Waals surface area contributed by atoms with Crippen LogP contribution >= 0.6 is 11.3 Å². The summed E-state index contributed by atoms with van der Waals surface area (Å²) in [7, 11) is 0. The van der Waals surface area contributed by atoms with Gasteiger partial charge in [0.15, 0.2) is 0 Å². The second-order valence-electron chi connectivity index (χ2n) is 7.52. The summed E-state index contributed by atoms with van der Waals surface area (Å²) in [5, 5.41) is 4.98. The maximum Gasteiger partial charge on any atom is 0.261 e. The minimum atomic E-state index is -0.422. The fourth-order valence-electron chi connectivity index (χ4n) is 3.86. The molecular formula is C25H21N3O2S. The van der Waals surface area contributed by atoms with Gasteiger partial charge in [-0.05, 0) is 65.4 Å². The van der Waals surface area contributed by atoms with E-state index in [0.717, 1.165) is 30.8 Å². The van der Waals surface area contributed by atoms with Crippen molar-refractivity contribution >= 4 is 28.6 Å².